The fourth-order valence-corrected chi connectivity index (χ4v) is 2.75. The zero-order valence-corrected chi connectivity index (χ0v) is 12.8. The smallest absolute Gasteiger partial charge is 0.119 e. The molecule has 0 radical (unpaired) electrons. The Bertz CT molecular complexity index is 613. The van der Waals surface area contributed by atoms with Gasteiger partial charge in [0.05, 0.1) is 0 Å². The second kappa shape index (κ2) is 5.94. The molecule has 2 aromatic carbocycles. The van der Waals surface area contributed by atoms with E-state index in [9.17, 15) is 10.2 Å². The lowest BCUT2D eigenvalue weighted by atomic mass is 9.96. The van der Waals surface area contributed by atoms with E-state index in [0.29, 0.717) is 22.2 Å². The van der Waals surface area contributed by atoms with Crippen LogP contribution in [0.1, 0.15) is 36.5 Å². The molecule has 0 amide bonds. The zero-order valence-electron chi connectivity index (χ0n) is 11.3. The topological polar surface area (TPSA) is 40.5 Å². The number of phenolic OH excluding ortho intramolecular Hbond substituents is 2. The first-order valence-corrected chi connectivity index (χ1v) is 7.12. The van der Waals surface area contributed by atoms with Gasteiger partial charge in [-0.3, -0.25) is 0 Å². The second-order valence-corrected chi connectivity index (χ2v) is 5.93. The third-order valence-electron chi connectivity index (χ3n) is 3.22. The number of benzene rings is 2. The van der Waals surface area contributed by atoms with Crippen molar-refractivity contribution >= 4 is 23.2 Å². The molecule has 0 aliphatic heterocycles. The van der Waals surface area contributed by atoms with Gasteiger partial charge in [-0.05, 0) is 40.8 Å². The Morgan fingerprint density at radius 2 is 1.60 bits per heavy atom. The molecule has 0 atom stereocenters. The maximum Gasteiger partial charge on any atom is 0.119 e. The van der Waals surface area contributed by atoms with Gasteiger partial charge in [-0.1, -0.05) is 49.2 Å². The van der Waals surface area contributed by atoms with Crippen LogP contribution in [0.4, 0.5) is 0 Å². The predicted molar refractivity (Wildman–Crippen MR) is 83.1 cm³/mol. The Balaban J connectivity index is 2.38. The van der Waals surface area contributed by atoms with Crippen molar-refractivity contribution in [3.63, 3.8) is 0 Å². The minimum Gasteiger partial charge on any atom is -0.508 e. The van der Waals surface area contributed by atoms with Gasteiger partial charge in [0.25, 0.3) is 0 Å². The fourth-order valence-electron chi connectivity index (χ4n) is 2.14. The molecule has 0 fully saturated rings. The van der Waals surface area contributed by atoms with Crippen LogP contribution in [0.15, 0.2) is 30.3 Å². The van der Waals surface area contributed by atoms with Crippen LogP contribution in [0.5, 0.6) is 11.5 Å². The van der Waals surface area contributed by atoms with Crippen LogP contribution in [0, 0.1) is 0 Å². The zero-order chi connectivity index (χ0) is 14.9. The van der Waals surface area contributed by atoms with E-state index < -0.39 is 0 Å². The molecular formula is C16H16Cl2O2. The van der Waals surface area contributed by atoms with E-state index in [-0.39, 0.29) is 11.7 Å². The quantitative estimate of drug-likeness (QED) is 0.826. The van der Waals surface area contributed by atoms with E-state index in [1.54, 1.807) is 6.07 Å². The van der Waals surface area contributed by atoms with Gasteiger partial charge in [0.2, 0.25) is 0 Å². The van der Waals surface area contributed by atoms with Crippen LogP contribution in [0.3, 0.4) is 0 Å². The number of phenols is 2. The van der Waals surface area contributed by atoms with Gasteiger partial charge >= 0.3 is 0 Å². The van der Waals surface area contributed by atoms with Gasteiger partial charge in [-0.15, -0.1) is 0 Å². The molecule has 0 aliphatic carbocycles. The molecule has 0 saturated heterocycles. The summed E-state index contributed by atoms with van der Waals surface area (Å²) in [7, 11) is 0. The summed E-state index contributed by atoms with van der Waals surface area (Å²) < 4.78 is 0. The molecular weight excluding hydrogens is 295 g/mol. The SMILES string of the molecule is CC(C)c1cc(Cc2c(Cl)cc(O)cc2Cl)ccc1O. The lowest BCUT2D eigenvalue weighted by Crippen LogP contribution is -1.95. The monoisotopic (exact) mass is 310 g/mol. The maximum absolute atomic E-state index is 9.83. The number of rotatable bonds is 3. The molecule has 0 spiro atoms. The third kappa shape index (κ3) is 3.20. The maximum atomic E-state index is 9.83. The van der Waals surface area contributed by atoms with Crippen molar-refractivity contribution in [2.45, 2.75) is 26.2 Å². The summed E-state index contributed by atoms with van der Waals surface area (Å²) >= 11 is 12.2. The largest absolute Gasteiger partial charge is 0.508 e. The van der Waals surface area contributed by atoms with Gasteiger partial charge in [-0.2, -0.15) is 0 Å². The van der Waals surface area contributed by atoms with E-state index in [2.05, 4.69) is 0 Å². The molecule has 0 aliphatic rings. The van der Waals surface area contributed by atoms with E-state index in [4.69, 9.17) is 23.2 Å². The standard InChI is InChI=1S/C16H16Cl2O2/c1-9(2)12-5-10(3-4-16(12)20)6-13-14(17)7-11(19)8-15(13)18/h3-5,7-9,19-20H,6H2,1-2H3. The summed E-state index contributed by atoms with van der Waals surface area (Å²) in [6.07, 6.45) is 0.554. The molecule has 2 rings (SSSR count). The first-order valence-electron chi connectivity index (χ1n) is 6.37. The fraction of sp³-hybridized carbons (Fsp3) is 0.250. The highest BCUT2D eigenvalue weighted by Crippen LogP contribution is 2.33. The molecule has 2 aromatic rings. The van der Waals surface area contributed by atoms with Crippen LogP contribution in [-0.2, 0) is 6.42 Å². The molecule has 2 nitrogen and oxygen atoms in total. The Kier molecular flexibility index (Phi) is 4.46. The van der Waals surface area contributed by atoms with E-state index >= 15 is 0 Å². The molecule has 0 bridgehead atoms. The van der Waals surface area contributed by atoms with Crippen molar-refractivity contribution in [2.24, 2.45) is 0 Å². The molecule has 0 unspecified atom stereocenters. The lowest BCUT2D eigenvalue weighted by Gasteiger charge is -2.12. The highest BCUT2D eigenvalue weighted by atomic mass is 35.5. The van der Waals surface area contributed by atoms with Gasteiger partial charge in [0, 0.05) is 16.5 Å². The summed E-state index contributed by atoms with van der Waals surface area (Å²) in [4.78, 5) is 0. The minimum absolute atomic E-state index is 0.0531. The number of halogens is 2. The molecule has 4 heteroatoms. The minimum atomic E-state index is 0.0531. The summed E-state index contributed by atoms with van der Waals surface area (Å²) in [5.74, 6) is 0.588. The molecule has 0 heterocycles. The van der Waals surface area contributed by atoms with Crippen LogP contribution in [-0.4, -0.2) is 10.2 Å². The van der Waals surface area contributed by atoms with Crippen LogP contribution < -0.4 is 0 Å². The first kappa shape index (κ1) is 15.0. The summed E-state index contributed by atoms with van der Waals surface area (Å²) in [5.41, 5.74) is 2.68. The van der Waals surface area contributed by atoms with Crippen molar-refractivity contribution in [2.75, 3.05) is 0 Å². The van der Waals surface area contributed by atoms with Gasteiger partial charge < -0.3 is 10.2 Å². The summed E-state index contributed by atoms with van der Waals surface area (Å²) in [6.45, 7) is 4.05. The number of aromatic hydroxyl groups is 2. The van der Waals surface area contributed by atoms with Gasteiger partial charge in [0.1, 0.15) is 11.5 Å². The van der Waals surface area contributed by atoms with Crippen LogP contribution in [0.2, 0.25) is 10.0 Å². The van der Waals surface area contributed by atoms with Crippen molar-refractivity contribution in [3.8, 4) is 11.5 Å². The van der Waals surface area contributed by atoms with Crippen molar-refractivity contribution in [3.05, 3.63) is 57.1 Å². The average molecular weight is 311 g/mol. The van der Waals surface area contributed by atoms with Gasteiger partial charge in [-0.25, -0.2) is 0 Å². The molecule has 0 saturated carbocycles. The Labute approximate surface area is 128 Å². The Morgan fingerprint density at radius 3 is 2.15 bits per heavy atom. The highest BCUT2D eigenvalue weighted by Gasteiger charge is 2.11. The van der Waals surface area contributed by atoms with E-state index in [0.717, 1.165) is 16.7 Å². The second-order valence-electron chi connectivity index (χ2n) is 5.11. The van der Waals surface area contributed by atoms with Crippen molar-refractivity contribution in [1.82, 2.24) is 0 Å². The summed E-state index contributed by atoms with van der Waals surface area (Å²) in [6, 6.07) is 8.45. The third-order valence-corrected chi connectivity index (χ3v) is 3.90. The highest BCUT2D eigenvalue weighted by molar-refractivity contribution is 6.36. The Hall–Kier alpha value is -1.38. The lowest BCUT2D eigenvalue weighted by molar-refractivity contribution is 0.464. The van der Waals surface area contributed by atoms with Crippen LogP contribution in [0.25, 0.3) is 0 Å². The van der Waals surface area contributed by atoms with Crippen molar-refractivity contribution in [1.29, 1.82) is 0 Å². The molecule has 106 valence electrons. The predicted octanol–water partition coefficient (Wildman–Crippen LogP) is 5.12. The molecule has 0 aromatic heterocycles. The normalized spacial score (nSPS) is 11.1. The number of hydrogen-bond donors (Lipinski definition) is 2. The molecule has 2 N–H and O–H groups in total. The van der Waals surface area contributed by atoms with Gasteiger partial charge in [0.15, 0.2) is 0 Å². The Morgan fingerprint density at radius 1 is 1.00 bits per heavy atom. The van der Waals surface area contributed by atoms with Crippen molar-refractivity contribution < 1.29 is 10.2 Å². The average Bonchev–Trinajstić information content (AvgIpc) is 2.35. The van der Waals surface area contributed by atoms with Crippen LogP contribution >= 0.6 is 23.2 Å². The number of hydrogen-bond acceptors (Lipinski definition) is 2. The van der Waals surface area contributed by atoms with E-state index in [1.807, 2.05) is 26.0 Å². The summed E-state index contributed by atoms with van der Waals surface area (Å²) in [5, 5.41) is 20.1. The molecule has 20 heavy (non-hydrogen) atoms. The van der Waals surface area contributed by atoms with E-state index in [1.165, 1.54) is 12.1 Å². The first-order chi connectivity index (χ1) is 9.38.